The van der Waals surface area contributed by atoms with Crippen LogP contribution in [0.3, 0.4) is 0 Å². The largest absolute Gasteiger partial charge is 0.466 e. The smallest absolute Gasteiger partial charge is 0.340 e. The van der Waals surface area contributed by atoms with Crippen LogP contribution >= 0.6 is 0 Å². The number of aromatic nitrogens is 1. The lowest BCUT2D eigenvalue weighted by atomic mass is 10.3. The van der Waals surface area contributed by atoms with Crippen LogP contribution in [0.1, 0.15) is 5.69 Å². The van der Waals surface area contributed by atoms with Gasteiger partial charge in [-0.15, -0.1) is 0 Å². The fourth-order valence-electron chi connectivity index (χ4n) is 0.883. The third-order valence-electron chi connectivity index (χ3n) is 1.52. The van der Waals surface area contributed by atoms with Crippen LogP contribution in [-0.4, -0.2) is 18.1 Å². The summed E-state index contributed by atoms with van der Waals surface area (Å²) in [5.74, 6) is -0.696. The van der Waals surface area contributed by atoms with Crippen molar-refractivity contribution in [1.29, 1.82) is 0 Å². The van der Waals surface area contributed by atoms with Crippen molar-refractivity contribution in [1.82, 2.24) is 4.98 Å². The van der Waals surface area contributed by atoms with Crippen molar-refractivity contribution in [3.63, 3.8) is 0 Å². The number of ether oxygens (including phenoxy) is 1. The Morgan fingerprint density at radius 3 is 3.00 bits per heavy atom. The van der Waals surface area contributed by atoms with E-state index in [1.807, 2.05) is 0 Å². The molecule has 0 aliphatic rings. The van der Waals surface area contributed by atoms with Crippen molar-refractivity contribution < 1.29 is 9.53 Å². The molecule has 6 nitrogen and oxygen atoms in total. The highest BCUT2D eigenvalue weighted by atomic mass is 16.5. The molecule has 1 aromatic rings. The van der Waals surface area contributed by atoms with E-state index in [0.717, 1.165) is 0 Å². The van der Waals surface area contributed by atoms with Crippen LogP contribution in [0, 0.1) is 0 Å². The normalized spacial score (nSPS) is 10.3. The fraction of sp³-hybridized carbons (Fsp3) is 0.111. The monoisotopic (exact) mass is 204 g/mol. The Balaban J connectivity index is 3.04. The average Bonchev–Trinajstić information content (AvgIpc) is 2.29. The Morgan fingerprint density at radius 1 is 1.67 bits per heavy atom. The average molecular weight is 204 g/mol. The number of esters is 1. The number of hydrogen-bond donors (Lipinski definition) is 0. The standard InChI is InChI=1S/C9H8N4O2/c1-15-9(14)8(12-13-10)6-7-4-2-3-5-11-7/h2-6H,1H3/b8-6+. The number of carbonyl (C=O) groups is 1. The maximum atomic E-state index is 11.1. The van der Waals surface area contributed by atoms with E-state index in [4.69, 9.17) is 5.53 Å². The summed E-state index contributed by atoms with van der Waals surface area (Å²) in [5, 5.41) is 3.22. The molecule has 0 unspecified atom stereocenters. The van der Waals surface area contributed by atoms with Gasteiger partial charge in [0.15, 0.2) is 0 Å². The van der Waals surface area contributed by atoms with Crippen molar-refractivity contribution in [2.24, 2.45) is 5.11 Å². The molecule has 0 amide bonds. The molecule has 0 bridgehead atoms. The first-order chi connectivity index (χ1) is 7.27. The van der Waals surface area contributed by atoms with Crippen LogP contribution in [0.15, 0.2) is 35.2 Å². The summed E-state index contributed by atoms with van der Waals surface area (Å²) in [4.78, 5) is 17.6. The molecule has 1 aromatic heterocycles. The summed E-state index contributed by atoms with van der Waals surface area (Å²) in [6, 6.07) is 5.17. The van der Waals surface area contributed by atoms with E-state index in [-0.39, 0.29) is 5.70 Å². The van der Waals surface area contributed by atoms with Gasteiger partial charge < -0.3 is 4.74 Å². The van der Waals surface area contributed by atoms with E-state index in [1.165, 1.54) is 13.2 Å². The van der Waals surface area contributed by atoms with Gasteiger partial charge in [0.1, 0.15) is 5.70 Å². The van der Waals surface area contributed by atoms with Gasteiger partial charge in [0.2, 0.25) is 0 Å². The van der Waals surface area contributed by atoms with Crippen molar-refractivity contribution in [3.05, 3.63) is 46.2 Å². The molecule has 0 N–H and O–H groups in total. The molecular weight excluding hydrogens is 196 g/mol. The number of hydrogen-bond acceptors (Lipinski definition) is 4. The summed E-state index contributed by atoms with van der Waals surface area (Å²) in [6.45, 7) is 0. The van der Waals surface area contributed by atoms with Crippen LogP contribution in [0.5, 0.6) is 0 Å². The zero-order valence-corrected chi connectivity index (χ0v) is 7.99. The molecule has 0 spiro atoms. The molecule has 15 heavy (non-hydrogen) atoms. The van der Waals surface area contributed by atoms with Gasteiger partial charge in [0.25, 0.3) is 0 Å². The highest BCUT2D eigenvalue weighted by Gasteiger charge is 2.07. The maximum Gasteiger partial charge on any atom is 0.340 e. The van der Waals surface area contributed by atoms with E-state index >= 15 is 0 Å². The van der Waals surface area contributed by atoms with Gasteiger partial charge in [-0.05, 0) is 23.7 Å². The van der Waals surface area contributed by atoms with Crippen molar-refractivity contribution >= 4 is 12.0 Å². The van der Waals surface area contributed by atoms with Crippen LogP contribution in [0.4, 0.5) is 0 Å². The van der Waals surface area contributed by atoms with E-state index in [9.17, 15) is 4.79 Å². The Kier molecular flexibility index (Phi) is 3.88. The fourth-order valence-corrected chi connectivity index (χ4v) is 0.883. The molecule has 0 aliphatic carbocycles. The van der Waals surface area contributed by atoms with Gasteiger partial charge in [-0.25, -0.2) is 4.79 Å². The number of pyridine rings is 1. The lowest BCUT2D eigenvalue weighted by Gasteiger charge is -1.97. The quantitative estimate of drug-likeness (QED) is 0.247. The second kappa shape index (κ2) is 5.41. The molecule has 0 atom stereocenters. The summed E-state index contributed by atoms with van der Waals surface area (Å²) >= 11 is 0. The van der Waals surface area contributed by atoms with Gasteiger partial charge >= 0.3 is 5.97 Å². The van der Waals surface area contributed by atoms with Gasteiger partial charge in [0, 0.05) is 11.1 Å². The molecule has 6 heteroatoms. The maximum absolute atomic E-state index is 11.1. The highest BCUT2D eigenvalue weighted by molar-refractivity contribution is 5.92. The van der Waals surface area contributed by atoms with Crippen LogP contribution < -0.4 is 0 Å². The van der Waals surface area contributed by atoms with Crippen molar-refractivity contribution in [2.75, 3.05) is 7.11 Å². The Morgan fingerprint density at radius 2 is 2.47 bits per heavy atom. The third-order valence-corrected chi connectivity index (χ3v) is 1.52. The third kappa shape index (κ3) is 3.13. The van der Waals surface area contributed by atoms with Crippen LogP contribution in [0.2, 0.25) is 0 Å². The first-order valence-electron chi connectivity index (χ1n) is 4.04. The molecule has 0 aromatic carbocycles. The van der Waals surface area contributed by atoms with Gasteiger partial charge in [-0.3, -0.25) is 4.98 Å². The molecule has 0 saturated carbocycles. The molecule has 1 heterocycles. The molecule has 0 aliphatic heterocycles. The minimum Gasteiger partial charge on any atom is -0.466 e. The zero-order chi connectivity index (χ0) is 11.1. The Labute approximate surface area is 85.8 Å². The first kappa shape index (κ1) is 10.7. The second-order valence-corrected chi connectivity index (χ2v) is 2.47. The van der Waals surface area contributed by atoms with Gasteiger partial charge in [-0.2, -0.15) is 0 Å². The molecular formula is C9H8N4O2. The molecule has 76 valence electrons. The first-order valence-corrected chi connectivity index (χ1v) is 4.04. The second-order valence-electron chi connectivity index (χ2n) is 2.47. The topological polar surface area (TPSA) is 88.0 Å². The van der Waals surface area contributed by atoms with Crippen molar-refractivity contribution in [3.8, 4) is 0 Å². The van der Waals surface area contributed by atoms with Gasteiger partial charge in [-0.1, -0.05) is 11.2 Å². The summed E-state index contributed by atoms with van der Waals surface area (Å²) < 4.78 is 4.44. The van der Waals surface area contributed by atoms with E-state index < -0.39 is 5.97 Å². The van der Waals surface area contributed by atoms with Crippen LogP contribution in [-0.2, 0) is 9.53 Å². The number of nitrogens with zero attached hydrogens (tertiary/aromatic N) is 4. The Bertz CT molecular complexity index is 421. The van der Waals surface area contributed by atoms with E-state index in [1.54, 1.807) is 24.4 Å². The lowest BCUT2D eigenvalue weighted by Crippen LogP contribution is -2.02. The molecule has 0 saturated heterocycles. The minimum absolute atomic E-state index is 0.126. The summed E-state index contributed by atoms with van der Waals surface area (Å²) in [6.07, 6.45) is 2.92. The van der Waals surface area contributed by atoms with Gasteiger partial charge in [0.05, 0.1) is 12.8 Å². The molecule has 0 fully saturated rings. The molecule has 1 rings (SSSR count). The van der Waals surface area contributed by atoms with E-state index in [0.29, 0.717) is 5.69 Å². The highest BCUT2D eigenvalue weighted by Crippen LogP contribution is 2.06. The number of azide groups is 1. The zero-order valence-electron chi connectivity index (χ0n) is 7.99. The predicted molar refractivity (Wildman–Crippen MR) is 53.4 cm³/mol. The minimum atomic E-state index is -0.696. The Hall–Kier alpha value is -2.33. The SMILES string of the molecule is COC(=O)/C(=C\c1ccccn1)N=[N+]=[N-]. The lowest BCUT2D eigenvalue weighted by molar-refractivity contribution is -0.136. The number of methoxy groups -OCH3 is 1. The number of carbonyl (C=O) groups excluding carboxylic acids is 1. The predicted octanol–water partition coefficient (Wildman–Crippen LogP) is 1.91. The summed E-state index contributed by atoms with van der Waals surface area (Å²) in [5.41, 5.74) is 8.64. The van der Waals surface area contributed by atoms with E-state index in [2.05, 4.69) is 19.7 Å². The number of rotatable bonds is 3. The summed E-state index contributed by atoms with van der Waals surface area (Å²) in [7, 11) is 1.21. The molecule has 0 radical (unpaired) electrons. The van der Waals surface area contributed by atoms with Crippen molar-refractivity contribution in [2.45, 2.75) is 0 Å². The van der Waals surface area contributed by atoms with Crippen LogP contribution in [0.25, 0.3) is 16.5 Å².